The third-order valence-corrected chi connectivity index (χ3v) is 3.72. The average Bonchev–Trinajstić information content (AvgIpc) is 2.52. The van der Waals surface area contributed by atoms with Crippen molar-refractivity contribution in [2.24, 2.45) is 0 Å². The molecule has 0 radical (unpaired) electrons. The van der Waals surface area contributed by atoms with Crippen molar-refractivity contribution in [2.75, 3.05) is 39.9 Å². The zero-order chi connectivity index (χ0) is 15.5. The van der Waals surface area contributed by atoms with E-state index in [1.165, 1.54) is 6.42 Å². The number of carbonyl (C=O) groups is 2. The van der Waals surface area contributed by atoms with Crippen molar-refractivity contribution in [1.29, 1.82) is 0 Å². The normalized spacial score (nSPS) is 16.6. The van der Waals surface area contributed by atoms with Crippen molar-refractivity contribution < 1.29 is 14.3 Å². The molecule has 2 amide bonds. The van der Waals surface area contributed by atoms with Gasteiger partial charge in [-0.15, -0.1) is 0 Å². The van der Waals surface area contributed by atoms with Gasteiger partial charge in [-0.3, -0.25) is 9.59 Å². The molecule has 122 valence electrons. The van der Waals surface area contributed by atoms with Crippen LogP contribution >= 0.6 is 0 Å². The van der Waals surface area contributed by atoms with Crippen LogP contribution in [-0.4, -0.2) is 62.7 Å². The van der Waals surface area contributed by atoms with Gasteiger partial charge in [0.2, 0.25) is 11.8 Å². The fourth-order valence-corrected chi connectivity index (χ4v) is 2.37. The number of methoxy groups -OCH3 is 1. The minimum atomic E-state index is -0.276. The zero-order valence-electron chi connectivity index (χ0n) is 13.3. The van der Waals surface area contributed by atoms with Crippen molar-refractivity contribution in [3.05, 3.63) is 0 Å². The summed E-state index contributed by atoms with van der Waals surface area (Å²) in [6.45, 7) is 5.39. The van der Waals surface area contributed by atoms with E-state index in [2.05, 4.69) is 10.6 Å². The van der Waals surface area contributed by atoms with E-state index in [0.29, 0.717) is 26.1 Å². The molecule has 1 atom stereocenters. The lowest BCUT2D eigenvalue weighted by atomic mass is 10.1. The molecule has 0 aromatic carbocycles. The van der Waals surface area contributed by atoms with Crippen LogP contribution in [-0.2, 0) is 14.3 Å². The first-order valence-electron chi connectivity index (χ1n) is 7.93. The van der Waals surface area contributed by atoms with E-state index in [-0.39, 0.29) is 17.9 Å². The summed E-state index contributed by atoms with van der Waals surface area (Å²) >= 11 is 0. The number of carbonyl (C=O) groups excluding carboxylic acids is 2. The second-order valence-corrected chi connectivity index (χ2v) is 5.50. The van der Waals surface area contributed by atoms with Crippen LogP contribution in [0.15, 0.2) is 0 Å². The molecule has 1 aliphatic rings. The number of rotatable bonds is 9. The number of hydrogen-bond donors (Lipinski definition) is 2. The first-order chi connectivity index (χ1) is 10.1. The topological polar surface area (TPSA) is 70.7 Å². The van der Waals surface area contributed by atoms with Gasteiger partial charge in [-0.05, 0) is 32.6 Å². The van der Waals surface area contributed by atoms with E-state index >= 15 is 0 Å². The second-order valence-electron chi connectivity index (χ2n) is 5.50. The highest BCUT2D eigenvalue weighted by Gasteiger charge is 2.17. The van der Waals surface area contributed by atoms with Gasteiger partial charge >= 0.3 is 0 Å². The summed E-state index contributed by atoms with van der Waals surface area (Å²) in [6.07, 6.45) is 4.71. The summed E-state index contributed by atoms with van der Waals surface area (Å²) in [5, 5.41) is 5.94. The van der Waals surface area contributed by atoms with Crippen molar-refractivity contribution in [3.63, 3.8) is 0 Å². The number of piperidine rings is 1. The Bertz CT molecular complexity index is 317. The molecule has 1 unspecified atom stereocenters. The highest BCUT2D eigenvalue weighted by atomic mass is 16.5. The molecule has 6 heteroatoms. The lowest BCUT2D eigenvalue weighted by Crippen LogP contribution is -2.44. The van der Waals surface area contributed by atoms with Crippen molar-refractivity contribution in [3.8, 4) is 0 Å². The van der Waals surface area contributed by atoms with Crippen LogP contribution in [0.3, 0.4) is 0 Å². The molecule has 0 aromatic rings. The van der Waals surface area contributed by atoms with Gasteiger partial charge in [0.1, 0.15) is 0 Å². The smallest absolute Gasteiger partial charge is 0.236 e. The maximum Gasteiger partial charge on any atom is 0.236 e. The molecule has 1 fully saturated rings. The Hall–Kier alpha value is -1.14. The predicted molar refractivity (Wildman–Crippen MR) is 82.0 cm³/mol. The summed E-state index contributed by atoms with van der Waals surface area (Å²) in [7, 11) is 1.64. The van der Waals surface area contributed by atoms with Crippen LogP contribution < -0.4 is 10.6 Å². The van der Waals surface area contributed by atoms with Gasteiger partial charge in [-0.1, -0.05) is 0 Å². The minimum absolute atomic E-state index is 0.0310. The summed E-state index contributed by atoms with van der Waals surface area (Å²) in [6, 6.07) is -0.276. The molecule has 1 aliphatic heterocycles. The quantitative estimate of drug-likeness (QED) is 0.609. The number of hydrogen-bond acceptors (Lipinski definition) is 4. The number of amides is 2. The molecule has 1 heterocycles. The largest absolute Gasteiger partial charge is 0.385 e. The summed E-state index contributed by atoms with van der Waals surface area (Å²) in [5.74, 6) is 0.159. The van der Waals surface area contributed by atoms with Crippen LogP contribution in [0.2, 0.25) is 0 Å². The maximum atomic E-state index is 12.0. The molecule has 21 heavy (non-hydrogen) atoms. The van der Waals surface area contributed by atoms with E-state index in [1.54, 1.807) is 7.11 Å². The Morgan fingerprint density at radius 1 is 1.19 bits per heavy atom. The number of nitrogens with zero attached hydrogens (tertiary/aromatic N) is 1. The molecule has 6 nitrogen and oxygen atoms in total. The monoisotopic (exact) mass is 299 g/mol. The lowest BCUT2D eigenvalue weighted by molar-refractivity contribution is -0.132. The first-order valence-corrected chi connectivity index (χ1v) is 7.93. The molecule has 2 N–H and O–H groups in total. The van der Waals surface area contributed by atoms with E-state index in [1.807, 2.05) is 11.8 Å². The number of nitrogens with one attached hydrogen (secondary N) is 2. The van der Waals surface area contributed by atoms with Crippen LogP contribution in [0.5, 0.6) is 0 Å². The lowest BCUT2D eigenvalue weighted by Gasteiger charge is -2.27. The van der Waals surface area contributed by atoms with Gasteiger partial charge < -0.3 is 20.3 Å². The Morgan fingerprint density at radius 2 is 1.90 bits per heavy atom. The first kappa shape index (κ1) is 17.9. The van der Waals surface area contributed by atoms with Crippen molar-refractivity contribution >= 4 is 11.8 Å². The van der Waals surface area contributed by atoms with Gasteiger partial charge in [0.25, 0.3) is 0 Å². The SMILES string of the molecule is COCCCNC(=O)C(C)NCCC(=O)N1CCCCC1. The summed E-state index contributed by atoms with van der Waals surface area (Å²) in [4.78, 5) is 25.7. The molecule has 1 rings (SSSR count). The maximum absolute atomic E-state index is 12.0. The van der Waals surface area contributed by atoms with Gasteiger partial charge in [0.15, 0.2) is 0 Å². The zero-order valence-corrected chi connectivity index (χ0v) is 13.3. The Balaban J connectivity index is 2.09. The van der Waals surface area contributed by atoms with Crippen LogP contribution in [0.4, 0.5) is 0 Å². The van der Waals surface area contributed by atoms with Crippen LogP contribution in [0, 0.1) is 0 Å². The molecule has 1 saturated heterocycles. The van der Waals surface area contributed by atoms with E-state index in [9.17, 15) is 9.59 Å². The summed E-state index contributed by atoms with van der Waals surface area (Å²) < 4.78 is 4.92. The third-order valence-electron chi connectivity index (χ3n) is 3.72. The Labute approximate surface area is 127 Å². The number of ether oxygens (including phenoxy) is 1. The predicted octanol–water partition coefficient (Wildman–Crippen LogP) is 0.520. The number of likely N-dealkylation sites (tertiary alicyclic amines) is 1. The summed E-state index contributed by atoms with van der Waals surface area (Å²) in [5.41, 5.74) is 0. The minimum Gasteiger partial charge on any atom is -0.385 e. The Kier molecular flexibility index (Phi) is 9.01. The van der Waals surface area contributed by atoms with E-state index < -0.39 is 0 Å². The standard InChI is InChI=1S/C15H29N3O3/c1-13(15(20)17-8-6-12-21-2)16-9-7-14(19)18-10-4-3-5-11-18/h13,16H,3-12H2,1-2H3,(H,17,20). The molecule has 0 bridgehead atoms. The second kappa shape index (κ2) is 10.6. The highest BCUT2D eigenvalue weighted by Crippen LogP contribution is 2.09. The fourth-order valence-electron chi connectivity index (χ4n) is 2.37. The molecule has 0 aromatic heterocycles. The van der Waals surface area contributed by atoms with E-state index in [4.69, 9.17) is 4.74 Å². The van der Waals surface area contributed by atoms with Gasteiger partial charge in [0.05, 0.1) is 6.04 Å². The van der Waals surface area contributed by atoms with Crippen LogP contribution in [0.25, 0.3) is 0 Å². The van der Waals surface area contributed by atoms with E-state index in [0.717, 1.165) is 32.4 Å². The van der Waals surface area contributed by atoms with Gasteiger partial charge in [0, 0.05) is 46.3 Å². The average molecular weight is 299 g/mol. The van der Waals surface area contributed by atoms with Gasteiger partial charge in [-0.2, -0.15) is 0 Å². The Morgan fingerprint density at radius 3 is 2.57 bits per heavy atom. The molecule has 0 saturated carbocycles. The molecule has 0 aliphatic carbocycles. The van der Waals surface area contributed by atoms with Crippen molar-refractivity contribution in [2.45, 2.75) is 45.1 Å². The fraction of sp³-hybridized carbons (Fsp3) is 0.867. The third kappa shape index (κ3) is 7.43. The van der Waals surface area contributed by atoms with Gasteiger partial charge in [-0.25, -0.2) is 0 Å². The molecular formula is C15H29N3O3. The van der Waals surface area contributed by atoms with Crippen molar-refractivity contribution in [1.82, 2.24) is 15.5 Å². The molecule has 0 spiro atoms. The highest BCUT2D eigenvalue weighted by molar-refractivity contribution is 5.81. The molecular weight excluding hydrogens is 270 g/mol. The van der Waals surface area contributed by atoms with Crippen LogP contribution in [0.1, 0.15) is 39.0 Å².